The monoisotopic (exact) mass is 882 g/mol. The Morgan fingerprint density at radius 2 is 1.31 bits per heavy atom. The molecule has 0 fully saturated rings. The molecule has 0 bridgehead atoms. The van der Waals surface area contributed by atoms with E-state index in [0.29, 0.717) is 55.6 Å². The molecule has 0 aliphatic carbocycles. The summed E-state index contributed by atoms with van der Waals surface area (Å²) in [6.07, 6.45) is 8.88. The molecule has 0 aromatic heterocycles. The van der Waals surface area contributed by atoms with Crippen molar-refractivity contribution < 1.29 is 42.5 Å². The quantitative estimate of drug-likeness (QED) is 0.0568. The summed E-state index contributed by atoms with van der Waals surface area (Å²) in [5, 5.41) is 24.4. The van der Waals surface area contributed by atoms with Crippen molar-refractivity contribution in [3.63, 3.8) is 0 Å². The van der Waals surface area contributed by atoms with Crippen LogP contribution in [0.3, 0.4) is 0 Å². The number of hydrogen-bond acceptors (Lipinski definition) is 11. The van der Waals surface area contributed by atoms with Gasteiger partial charge in [0.25, 0.3) is 23.2 Å². The molecule has 2 aliphatic heterocycles. The second-order valence-corrected chi connectivity index (χ2v) is 28.5. The van der Waals surface area contributed by atoms with Gasteiger partial charge in [-0.25, -0.2) is 0 Å². The smallest absolute Gasteiger partial charge is 0.286 e. The Kier molecular flexibility index (Phi) is 15.7. The number of unbranched alkanes of at least 4 members (excludes halogenated alkanes) is 2. The van der Waals surface area contributed by atoms with Crippen LogP contribution in [0.4, 0.5) is 11.4 Å². The molecule has 0 N–H and O–H groups in total. The maximum Gasteiger partial charge on any atom is 0.286 e. The van der Waals surface area contributed by atoms with Gasteiger partial charge >= 0.3 is 0 Å². The fourth-order valence-corrected chi connectivity index (χ4v) is 8.70. The molecule has 61 heavy (non-hydrogen) atoms. The molecule has 17 heteroatoms. The Morgan fingerprint density at radius 3 is 1.85 bits per heavy atom. The van der Waals surface area contributed by atoms with Gasteiger partial charge in [0, 0.05) is 30.9 Å². The molecular weight excluding hydrogens is 817 g/mol. The molecule has 2 atom stereocenters. The zero-order chi connectivity index (χ0) is 45.7. The second-order valence-electron chi connectivity index (χ2n) is 18.9. The van der Waals surface area contributed by atoms with Crippen LogP contribution in [-0.2, 0) is 8.85 Å². The van der Waals surface area contributed by atoms with Gasteiger partial charge in [-0.05, 0) is 86.9 Å². The van der Waals surface area contributed by atoms with E-state index in [0.717, 1.165) is 0 Å². The van der Waals surface area contributed by atoms with Gasteiger partial charge in [-0.3, -0.25) is 29.8 Å². The fraction of sp³-hybridized carbons (Fsp3) is 0.591. The zero-order valence-corrected chi connectivity index (χ0v) is 40.3. The first kappa shape index (κ1) is 48.9. The lowest BCUT2D eigenvalue weighted by Gasteiger charge is -2.38. The number of hydrogen-bond donors (Lipinski definition) is 0. The zero-order valence-electron chi connectivity index (χ0n) is 38.3. The topological polar surface area (TPSA) is 173 Å². The second kappa shape index (κ2) is 19.5. The third-order valence-corrected chi connectivity index (χ3v) is 21.4. The van der Waals surface area contributed by atoms with Crippen molar-refractivity contribution in [2.75, 3.05) is 26.9 Å². The van der Waals surface area contributed by atoms with Crippen molar-refractivity contribution in [1.29, 1.82) is 0 Å². The Morgan fingerprint density at radius 1 is 0.770 bits per heavy atom. The van der Waals surface area contributed by atoms with E-state index in [2.05, 4.69) is 67.7 Å². The van der Waals surface area contributed by atoms with Crippen molar-refractivity contribution >= 4 is 39.8 Å². The molecule has 2 aromatic carbocycles. The first-order valence-corrected chi connectivity index (χ1v) is 26.9. The SMILES string of the molecule is CC[C@@H]1CC=CN1C(=O)c1cc(OC)c(OCCCCCOc2cc([N+](=O)[O-])c(C(=O)N3C=C(O[Si](C)(C)C(C)(C)C)C[C@H]3CO[Si](C)(C)C(C)(C)C)cc2C)cc1[N+](=O)[O-]. The minimum atomic E-state index is -2.25. The Hall–Kier alpha value is -4.75. The van der Waals surface area contributed by atoms with Gasteiger partial charge in [-0.2, -0.15) is 0 Å². The molecule has 2 aliphatic rings. The van der Waals surface area contributed by atoms with Crippen LogP contribution in [-0.4, -0.2) is 87.1 Å². The van der Waals surface area contributed by atoms with Crippen LogP contribution in [0.15, 0.2) is 48.5 Å². The van der Waals surface area contributed by atoms with Gasteiger partial charge in [-0.1, -0.05) is 54.5 Å². The molecule has 15 nitrogen and oxygen atoms in total. The highest BCUT2D eigenvalue weighted by molar-refractivity contribution is 6.74. The van der Waals surface area contributed by atoms with Crippen molar-refractivity contribution in [2.24, 2.45) is 0 Å². The average Bonchev–Trinajstić information content (AvgIpc) is 3.82. The van der Waals surface area contributed by atoms with Gasteiger partial charge in [0.05, 0.1) is 60.7 Å². The van der Waals surface area contributed by atoms with Crippen LogP contribution < -0.4 is 14.2 Å². The summed E-state index contributed by atoms with van der Waals surface area (Å²) >= 11 is 0. The maximum atomic E-state index is 14.3. The van der Waals surface area contributed by atoms with E-state index in [1.54, 1.807) is 24.2 Å². The molecule has 0 spiro atoms. The molecule has 2 amide bonds. The number of nitro benzene ring substituents is 2. The number of benzene rings is 2. The summed E-state index contributed by atoms with van der Waals surface area (Å²) in [6, 6.07) is 4.96. The van der Waals surface area contributed by atoms with Crippen LogP contribution in [0.2, 0.25) is 36.3 Å². The molecule has 2 aromatic rings. The van der Waals surface area contributed by atoms with Crippen molar-refractivity contribution in [1.82, 2.24) is 9.80 Å². The summed E-state index contributed by atoms with van der Waals surface area (Å²) in [7, 11) is -3.03. The van der Waals surface area contributed by atoms with E-state index in [-0.39, 0.29) is 69.9 Å². The van der Waals surface area contributed by atoms with E-state index in [4.69, 9.17) is 23.1 Å². The van der Waals surface area contributed by atoms with Crippen LogP contribution in [0.5, 0.6) is 17.2 Å². The first-order chi connectivity index (χ1) is 28.3. The number of ether oxygens (including phenoxy) is 3. The number of aryl methyl sites for hydroxylation is 1. The standard InChI is InChI=1S/C44H66N4O11Si2/c1-14-31-19-18-20-45(31)41(49)35-25-39(55-9)40(27-37(35)48(53)54)57-22-17-15-16-21-56-38-26-36(47(51)52)34(23-30(38)2)42(50)46-28-33(59-61(12,13)44(6,7)8)24-32(46)29-58-60(10,11)43(3,4)5/h18,20,23,25-28,31-32H,14-17,19,21-22,24,29H2,1-13H3/t31-,32+/m1/s1. The number of nitrogens with zero attached hydrogens (tertiary/aromatic N) is 4. The number of methoxy groups -OCH3 is 1. The van der Waals surface area contributed by atoms with Gasteiger partial charge in [0.1, 0.15) is 16.9 Å². The molecule has 4 rings (SSSR count). The van der Waals surface area contributed by atoms with Crippen LogP contribution in [0, 0.1) is 27.2 Å². The number of nitro groups is 2. The van der Waals surface area contributed by atoms with Gasteiger partial charge in [0.2, 0.25) is 8.32 Å². The Bertz CT molecular complexity index is 2020. The summed E-state index contributed by atoms with van der Waals surface area (Å²) in [6.45, 7) is 26.0. The highest BCUT2D eigenvalue weighted by atomic mass is 28.4. The van der Waals surface area contributed by atoms with Gasteiger partial charge < -0.3 is 32.9 Å². The van der Waals surface area contributed by atoms with Crippen LogP contribution in [0.1, 0.15) is 113 Å². The molecular formula is C44H66N4O11Si2. The number of carbonyl (C=O) groups is 2. The predicted molar refractivity (Wildman–Crippen MR) is 240 cm³/mol. The third-order valence-electron chi connectivity index (χ3n) is 12.5. The number of carbonyl (C=O) groups excluding carboxylic acids is 2. The Balaban J connectivity index is 1.42. The van der Waals surface area contributed by atoms with Gasteiger partial charge in [-0.15, -0.1) is 0 Å². The summed E-state index contributed by atoms with van der Waals surface area (Å²) in [4.78, 5) is 54.1. The van der Waals surface area contributed by atoms with Crippen LogP contribution >= 0.6 is 0 Å². The summed E-state index contributed by atoms with van der Waals surface area (Å²) in [5.74, 6) is 0.373. The maximum absolute atomic E-state index is 14.3. The van der Waals surface area contributed by atoms with Crippen LogP contribution in [0.25, 0.3) is 0 Å². The number of rotatable bonds is 19. The molecule has 0 unspecified atom stereocenters. The predicted octanol–water partition coefficient (Wildman–Crippen LogP) is 10.7. The first-order valence-electron chi connectivity index (χ1n) is 21.1. The van der Waals surface area contributed by atoms with E-state index in [9.17, 15) is 29.8 Å². The fourth-order valence-electron chi connectivity index (χ4n) is 6.56. The van der Waals surface area contributed by atoms with Crippen molar-refractivity contribution in [2.45, 2.75) is 142 Å². The minimum Gasteiger partial charge on any atom is -0.545 e. The molecule has 0 saturated heterocycles. The normalized spacial score (nSPS) is 17.0. The lowest BCUT2D eigenvalue weighted by Crippen LogP contribution is -2.45. The Labute approximate surface area is 363 Å². The van der Waals surface area contributed by atoms with E-state index in [1.807, 2.05) is 13.0 Å². The highest BCUT2D eigenvalue weighted by Crippen LogP contribution is 2.42. The lowest BCUT2D eigenvalue weighted by atomic mass is 10.1. The number of amides is 2. The molecule has 0 saturated carbocycles. The van der Waals surface area contributed by atoms with E-state index < -0.39 is 44.3 Å². The van der Waals surface area contributed by atoms with Crippen molar-refractivity contribution in [3.05, 3.63) is 85.4 Å². The summed E-state index contributed by atoms with van der Waals surface area (Å²) < 4.78 is 30.6. The molecule has 2 heterocycles. The minimum absolute atomic E-state index is 0.0414. The van der Waals surface area contributed by atoms with Gasteiger partial charge in [0.15, 0.2) is 19.8 Å². The average molecular weight is 883 g/mol. The molecule has 336 valence electrons. The van der Waals surface area contributed by atoms with E-state index >= 15 is 0 Å². The van der Waals surface area contributed by atoms with E-state index in [1.165, 1.54) is 36.3 Å². The largest absolute Gasteiger partial charge is 0.545 e. The van der Waals surface area contributed by atoms with Crippen molar-refractivity contribution in [3.8, 4) is 17.2 Å². The third kappa shape index (κ3) is 11.6. The molecule has 0 radical (unpaired) electrons. The highest BCUT2D eigenvalue weighted by Gasteiger charge is 2.44. The summed E-state index contributed by atoms with van der Waals surface area (Å²) in [5.41, 5.74) is -0.259. The lowest BCUT2D eigenvalue weighted by molar-refractivity contribution is -0.385.